The molecule has 0 aromatic heterocycles. The Morgan fingerprint density at radius 2 is 1.92 bits per heavy atom. The number of nitro benzene ring substituents is 1. The van der Waals surface area contributed by atoms with E-state index in [1.807, 2.05) is 25.1 Å². The number of carbonyl (C=O) groups is 1. The number of nitrogens with zero attached hydrogens (tertiary/aromatic N) is 1. The van der Waals surface area contributed by atoms with Crippen LogP contribution in [0.15, 0.2) is 48.5 Å². The van der Waals surface area contributed by atoms with Crippen LogP contribution in [0.1, 0.15) is 42.1 Å². The summed E-state index contributed by atoms with van der Waals surface area (Å²) in [6, 6.07) is 14.8. The van der Waals surface area contributed by atoms with Gasteiger partial charge in [-0.1, -0.05) is 36.8 Å². The summed E-state index contributed by atoms with van der Waals surface area (Å²) in [4.78, 5) is 23.3. The van der Waals surface area contributed by atoms with Gasteiger partial charge in [-0.3, -0.25) is 14.9 Å². The molecule has 0 bridgehead atoms. The molecule has 2 N–H and O–H groups in total. The van der Waals surface area contributed by atoms with Crippen LogP contribution in [-0.2, 0) is 5.41 Å². The van der Waals surface area contributed by atoms with Crippen LogP contribution in [0.4, 0.5) is 11.4 Å². The fourth-order valence-corrected chi connectivity index (χ4v) is 3.48. The van der Waals surface area contributed by atoms with E-state index in [4.69, 9.17) is 0 Å². The van der Waals surface area contributed by atoms with Gasteiger partial charge in [-0.15, -0.1) is 0 Å². The summed E-state index contributed by atoms with van der Waals surface area (Å²) in [5.41, 5.74) is 1.86. The highest BCUT2D eigenvalue weighted by Crippen LogP contribution is 2.43. The van der Waals surface area contributed by atoms with Gasteiger partial charge in [0.1, 0.15) is 5.69 Å². The van der Waals surface area contributed by atoms with Crippen molar-refractivity contribution in [3.63, 3.8) is 0 Å². The van der Waals surface area contributed by atoms with Crippen molar-refractivity contribution in [2.45, 2.75) is 31.6 Å². The predicted molar refractivity (Wildman–Crippen MR) is 102 cm³/mol. The Bertz CT molecular complexity index is 801. The van der Waals surface area contributed by atoms with E-state index in [1.54, 1.807) is 12.1 Å². The Morgan fingerprint density at radius 1 is 1.19 bits per heavy atom. The summed E-state index contributed by atoms with van der Waals surface area (Å²) in [5, 5.41) is 17.2. The maximum absolute atomic E-state index is 12.6. The Hall–Kier alpha value is -2.89. The first-order valence-corrected chi connectivity index (χ1v) is 8.92. The van der Waals surface area contributed by atoms with Gasteiger partial charge >= 0.3 is 0 Å². The van der Waals surface area contributed by atoms with Gasteiger partial charge in [0.15, 0.2) is 0 Å². The summed E-state index contributed by atoms with van der Waals surface area (Å²) in [6.07, 6.45) is 3.22. The van der Waals surface area contributed by atoms with Crippen LogP contribution in [0.5, 0.6) is 0 Å². The molecule has 136 valence electrons. The zero-order valence-electron chi connectivity index (χ0n) is 14.8. The van der Waals surface area contributed by atoms with Gasteiger partial charge in [0.05, 0.1) is 4.92 Å². The second kappa shape index (κ2) is 7.56. The zero-order chi connectivity index (χ0) is 18.6. The first-order chi connectivity index (χ1) is 12.6. The number of hydrogen-bond donors (Lipinski definition) is 2. The van der Waals surface area contributed by atoms with Gasteiger partial charge in [-0.2, -0.15) is 0 Å². The maximum atomic E-state index is 12.6. The topological polar surface area (TPSA) is 84.3 Å². The number of benzene rings is 2. The van der Waals surface area contributed by atoms with E-state index >= 15 is 0 Å². The maximum Gasteiger partial charge on any atom is 0.293 e. The predicted octanol–water partition coefficient (Wildman–Crippen LogP) is 3.88. The molecule has 6 nitrogen and oxygen atoms in total. The number of nitrogens with one attached hydrogen (secondary N) is 2. The van der Waals surface area contributed by atoms with Gasteiger partial charge in [0.2, 0.25) is 0 Å². The highest BCUT2D eigenvalue weighted by Gasteiger charge is 2.38. The molecule has 2 aromatic rings. The lowest BCUT2D eigenvalue weighted by atomic mass is 9.64. The molecule has 1 saturated carbocycles. The number of hydrogen-bond acceptors (Lipinski definition) is 4. The van der Waals surface area contributed by atoms with Gasteiger partial charge in [-0.05, 0) is 37.5 Å². The van der Waals surface area contributed by atoms with Crippen LogP contribution in [0.3, 0.4) is 0 Å². The van der Waals surface area contributed by atoms with Crippen molar-refractivity contribution in [3.8, 4) is 0 Å². The second-order valence-corrected chi connectivity index (χ2v) is 6.70. The third-order valence-electron chi connectivity index (χ3n) is 5.11. The summed E-state index contributed by atoms with van der Waals surface area (Å²) >= 11 is 0. The summed E-state index contributed by atoms with van der Waals surface area (Å²) in [6.45, 7) is 2.98. The lowest BCUT2D eigenvalue weighted by molar-refractivity contribution is -0.384. The van der Waals surface area contributed by atoms with E-state index < -0.39 is 4.92 Å². The minimum absolute atomic E-state index is 0.0213. The highest BCUT2D eigenvalue weighted by molar-refractivity contribution is 5.95. The van der Waals surface area contributed by atoms with Crippen molar-refractivity contribution in [2.24, 2.45) is 0 Å². The molecule has 3 rings (SSSR count). The van der Waals surface area contributed by atoms with E-state index in [1.165, 1.54) is 11.6 Å². The van der Waals surface area contributed by atoms with Crippen molar-refractivity contribution in [2.75, 3.05) is 18.4 Å². The molecule has 0 atom stereocenters. The molecule has 0 unspecified atom stereocenters. The molecule has 0 aliphatic heterocycles. The molecular weight excluding hydrogens is 330 g/mol. The van der Waals surface area contributed by atoms with Gasteiger partial charge < -0.3 is 10.6 Å². The van der Waals surface area contributed by atoms with Crippen LogP contribution < -0.4 is 10.6 Å². The van der Waals surface area contributed by atoms with Crippen molar-refractivity contribution < 1.29 is 9.72 Å². The first-order valence-electron chi connectivity index (χ1n) is 8.92. The number of carbonyl (C=O) groups excluding carboxylic acids is 1. The monoisotopic (exact) mass is 353 g/mol. The molecule has 0 saturated heterocycles. The molecule has 1 aliphatic rings. The minimum Gasteiger partial charge on any atom is -0.380 e. The van der Waals surface area contributed by atoms with Crippen LogP contribution >= 0.6 is 0 Å². The molecule has 0 heterocycles. The third kappa shape index (κ3) is 3.54. The summed E-state index contributed by atoms with van der Waals surface area (Å²) < 4.78 is 0. The molecule has 1 aliphatic carbocycles. The number of amides is 1. The van der Waals surface area contributed by atoms with E-state index in [9.17, 15) is 14.9 Å². The van der Waals surface area contributed by atoms with E-state index in [0.717, 1.165) is 19.3 Å². The molecule has 26 heavy (non-hydrogen) atoms. The summed E-state index contributed by atoms with van der Waals surface area (Å²) in [5.74, 6) is -0.279. The minimum atomic E-state index is -0.466. The van der Waals surface area contributed by atoms with E-state index in [2.05, 4.69) is 22.8 Å². The van der Waals surface area contributed by atoms with Gasteiger partial charge in [-0.25, -0.2) is 0 Å². The Labute approximate surface area is 152 Å². The lowest BCUT2D eigenvalue weighted by Crippen LogP contribution is -2.45. The molecule has 2 aromatic carbocycles. The Balaban J connectivity index is 1.74. The highest BCUT2D eigenvalue weighted by atomic mass is 16.6. The third-order valence-corrected chi connectivity index (χ3v) is 5.11. The first kappa shape index (κ1) is 17.9. The standard InChI is InChI=1S/C20H23N3O3/c1-2-21-17-10-9-15(13-18(17)23(25)26)19(24)22-14-20(11-6-12-20)16-7-4-3-5-8-16/h3-5,7-10,13,21H,2,6,11-12,14H2,1H3,(H,22,24). The van der Waals surface area contributed by atoms with Crippen molar-refractivity contribution in [3.05, 3.63) is 69.8 Å². The van der Waals surface area contributed by atoms with Crippen LogP contribution in [0.2, 0.25) is 0 Å². The van der Waals surface area contributed by atoms with E-state index in [0.29, 0.717) is 24.3 Å². The largest absolute Gasteiger partial charge is 0.380 e. The SMILES string of the molecule is CCNc1ccc(C(=O)NCC2(c3ccccc3)CCC2)cc1[N+](=O)[O-]. The summed E-state index contributed by atoms with van der Waals surface area (Å²) in [7, 11) is 0. The van der Waals surface area contributed by atoms with Crippen LogP contribution in [-0.4, -0.2) is 23.9 Å². The quantitative estimate of drug-likeness (QED) is 0.584. The van der Waals surface area contributed by atoms with Gasteiger partial charge in [0.25, 0.3) is 11.6 Å². The zero-order valence-corrected chi connectivity index (χ0v) is 14.8. The number of anilines is 1. The fraction of sp³-hybridized carbons (Fsp3) is 0.350. The van der Waals surface area contributed by atoms with Crippen molar-refractivity contribution in [1.82, 2.24) is 5.32 Å². The van der Waals surface area contributed by atoms with E-state index in [-0.39, 0.29) is 17.0 Å². The molecular formula is C20H23N3O3. The van der Waals surface area contributed by atoms with Crippen LogP contribution in [0, 0.1) is 10.1 Å². The Kier molecular flexibility index (Phi) is 5.21. The number of rotatable bonds is 7. The van der Waals surface area contributed by atoms with Crippen LogP contribution in [0.25, 0.3) is 0 Å². The molecule has 1 fully saturated rings. The molecule has 0 spiro atoms. The average Bonchev–Trinajstić information content (AvgIpc) is 2.62. The van der Waals surface area contributed by atoms with Crippen molar-refractivity contribution >= 4 is 17.3 Å². The Morgan fingerprint density at radius 3 is 2.50 bits per heavy atom. The fourth-order valence-electron chi connectivity index (χ4n) is 3.48. The molecule has 6 heteroatoms. The lowest BCUT2D eigenvalue weighted by Gasteiger charge is -2.42. The number of nitro groups is 1. The normalized spacial score (nSPS) is 15.0. The average molecular weight is 353 g/mol. The smallest absolute Gasteiger partial charge is 0.293 e. The molecule has 0 radical (unpaired) electrons. The second-order valence-electron chi connectivity index (χ2n) is 6.70. The molecule has 1 amide bonds. The van der Waals surface area contributed by atoms with Crippen molar-refractivity contribution in [1.29, 1.82) is 0 Å². The van der Waals surface area contributed by atoms with Gasteiger partial charge in [0, 0.05) is 30.1 Å².